The Morgan fingerprint density at radius 1 is 1.10 bits per heavy atom. The molecule has 0 bridgehead atoms. The first-order valence-electron chi connectivity index (χ1n) is 10.1. The van der Waals surface area contributed by atoms with Gasteiger partial charge < -0.3 is 16.0 Å². The quantitative estimate of drug-likeness (QED) is 0.732. The molecule has 2 aromatic rings. The van der Waals surface area contributed by atoms with Gasteiger partial charge in [0.25, 0.3) is 5.91 Å². The minimum absolute atomic E-state index is 0. The van der Waals surface area contributed by atoms with E-state index in [4.69, 9.17) is 5.73 Å². The van der Waals surface area contributed by atoms with Crippen LogP contribution in [0.3, 0.4) is 0 Å². The predicted octanol–water partition coefficient (Wildman–Crippen LogP) is 3.42. The highest BCUT2D eigenvalue weighted by Gasteiger charge is 2.27. The number of nitrogens with one attached hydrogen (secondary N) is 1. The summed E-state index contributed by atoms with van der Waals surface area (Å²) in [5.41, 5.74) is 7.23. The molecule has 1 saturated carbocycles. The Morgan fingerprint density at radius 2 is 1.80 bits per heavy atom. The van der Waals surface area contributed by atoms with Crippen molar-refractivity contribution in [3.63, 3.8) is 0 Å². The van der Waals surface area contributed by atoms with Crippen molar-refractivity contribution >= 4 is 36.4 Å². The maximum atomic E-state index is 13.1. The summed E-state index contributed by atoms with van der Waals surface area (Å²) in [7, 11) is 0. The molecular formula is C20H29Cl2FN6O. The lowest BCUT2D eigenvalue weighted by atomic mass is 9.92. The van der Waals surface area contributed by atoms with Crippen molar-refractivity contribution in [1.82, 2.24) is 19.9 Å². The van der Waals surface area contributed by atoms with E-state index >= 15 is 0 Å². The molecule has 1 aromatic heterocycles. The van der Waals surface area contributed by atoms with E-state index in [-0.39, 0.29) is 54.7 Å². The Hall–Kier alpha value is -1.90. The Labute approximate surface area is 188 Å². The molecule has 2 aliphatic rings. The topological polar surface area (TPSA) is 89.1 Å². The van der Waals surface area contributed by atoms with Gasteiger partial charge in [-0.2, -0.15) is 0 Å². The van der Waals surface area contributed by atoms with E-state index in [1.165, 1.54) is 12.1 Å². The molecule has 166 valence electrons. The van der Waals surface area contributed by atoms with Crippen molar-refractivity contribution in [3.05, 3.63) is 42.0 Å². The highest BCUT2D eigenvalue weighted by Crippen LogP contribution is 2.27. The van der Waals surface area contributed by atoms with E-state index in [1.54, 1.807) is 18.3 Å². The number of anilines is 1. The highest BCUT2D eigenvalue weighted by atomic mass is 35.5. The van der Waals surface area contributed by atoms with E-state index in [0.29, 0.717) is 18.8 Å². The number of likely N-dealkylation sites (tertiary alicyclic amines) is 1. The van der Waals surface area contributed by atoms with Crippen LogP contribution in [0.5, 0.6) is 0 Å². The first-order chi connectivity index (χ1) is 13.6. The standard InChI is InChI=1S/C20H27FN6O.2ClH/c21-14-3-7-16(8-4-14)23-17-2-1-11-26(12-17)20(28)19-13-27(25-24-19)18-9-5-15(22)6-10-18;;/h3-4,7-8,13,15,17-18,23H,1-2,5-6,9-12,22H2;2*1H. The number of benzene rings is 1. The first-order valence-corrected chi connectivity index (χ1v) is 10.1. The SMILES string of the molecule is Cl.Cl.NC1CCC(n2cc(C(=O)N3CCCC(Nc4ccc(F)cc4)C3)nn2)CC1. The fourth-order valence-electron chi connectivity index (χ4n) is 4.14. The fraction of sp³-hybridized carbons (Fsp3) is 0.550. The number of hydrogen-bond donors (Lipinski definition) is 2. The smallest absolute Gasteiger partial charge is 0.276 e. The maximum absolute atomic E-state index is 13.1. The molecule has 0 radical (unpaired) electrons. The Morgan fingerprint density at radius 3 is 2.50 bits per heavy atom. The Bertz CT molecular complexity index is 810. The summed E-state index contributed by atoms with van der Waals surface area (Å²) in [4.78, 5) is 14.7. The lowest BCUT2D eigenvalue weighted by Crippen LogP contribution is -2.45. The third-order valence-corrected chi connectivity index (χ3v) is 5.77. The Balaban J connectivity index is 0.00000160. The molecule has 1 aliphatic carbocycles. The van der Waals surface area contributed by atoms with Gasteiger partial charge in [-0.15, -0.1) is 29.9 Å². The van der Waals surface area contributed by atoms with Gasteiger partial charge in [-0.25, -0.2) is 9.07 Å². The molecule has 1 atom stereocenters. The van der Waals surface area contributed by atoms with Gasteiger partial charge in [0, 0.05) is 30.9 Å². The Kier molecular flexibility index (Phi) is 8.88. The lowest BCUT2D eigenvalue weighted by molar-refractivity contribution is 0.0708. The summed E-state index contributed by atoms with van der Waals surface area (Å²) in [5.74, 6) is -0.335. The molecule has 4 rings (SSSR count). The van der Waals surface area contributed by atoms with E-state index in [9.17, 15) is 9.18 Å². The van der Waals surface area contributed by atoms with Crippen LogP contribution in [0, 0.1) is 5.82 Å². The normalized spacial score (nSPS) is 23.8. The van der Waals surface area contributed by atoms with Gasteiger partial charge in [0.05, 0.1) is 12.2 Å². The molecule has 7 nitrogen and oxygen atoms in total. The van der Waals surface area contributed by atoms with Crippen LogP contribution in [0.2, 0.25) is 0 Å². The molecule has 30 heavy (non-hydrogen) atoms. The van der Waals surface area contributed by atoms with Crippen molar-refractivity contribution in [2.45, 2.75) is 56.7 Å². The summed E-state index contributed by atoms with van der Waals surface area (Å²) in [6.45, 7) is 1.31. The second-order valence-electron chi connectivity index (χ2n) is 7.89. The number of halogens is 3. The number of nitrogens with two attached hydrogens (primary N) is 1. The largest absolute Gasteiger partial charge is 0.381 e. The van der Waals surface area contributed by atoms with Crippen LogP contribution in [0.1, 0.15) is 55.1 Å². The van der Waals surface area contributed by atoms with Gasteiger partial charge in [-0.1, -0.05) is 5.21 Å². The molecule has 1 unspecified atom stereocenters. The average molecular weight is 459 g/mol. The third-order valence-electron chi connectivity index (χ3n) is 5.77. The van der Waals surface area contributed by atoms with Crippen LogP contribution in [0.25, 0.3) is 0 Å². The minimum atomic E-state index is -0.256. The van der Waals surface area contributed by atoms with Crippen LogP contribution < -0.4 is 11.1 Å². The number of amides is 1. The fourth-order valence-corrected chi connectivity index (χ4v) is 4.14. The summed E-state index contributed by atoms with van der Waals surface area (Å²) in [6, 6.07) is 7.01. The lowest BCUT2D eigenvalue weighted by Gasteiger charge is -2.33. The number of rotatable bonds is 4. The zero-order chi connectivity index (χ0) is 19.5. The van der Waals surface area contributed by atoms with Crippen molar-refractivity contribution in [2.75, 3.05) is 18.4 Å². The highest BCUT2D eigenvalue weighted by molar-refractivity contribution is 5.92. The van der Waals surface area contributed by atoms with Crippen molar-refractivity contribution in [1.29, 1.82) is 0 Å². The maximum Gasteiger partial charge on any atom is 0.276 e. The number of carbonyl (C=O) groups is 1. The van der Waals surface area contributed by atoms with E-state index in [1.807, 2.05) is 9.58 Å². The average Bonchev–Trinajstić information content (AvgIpc) is 3.20. The second kappa shape index (κ2) is 10.9. The molecular weight excluding hydrogens is 430 g/mol. The molecule has 2 fully saturated rings. The van der Waals surface area contributed by atoms with E-state index in [2.05, 4.69) is 15.6 Å². The predicted molar refractivity (Wildman–Crippen MR) is 119 cm³/mol. The molecule has 2 heterocycles. The summed E-state index contributed by atoms with van der Waals surface area (Å²) >= 11 is 0. The molecule has 10 heteroatoms. The van der Waals surface area contributed by atoms with Gasteiger partial charge in [0.1, 0.15) is 5.82 Å². The van der Waals surface area contributed by atoms with Crippen LogP contribution in [-0.4, -0.2) is 51.0 Å². The third kappa shape index (κ3) is 5.83. The zero-order valence-corrected chi connectivity index (χ0v) is 18.4. The van der Waals surface area contributed by atoms with E-state index in [0.717, 1.165) is 44.2 Å². The summed E-state index contributed by atoms with van der Waals surface area (Å²) in [5, 5.41) is 11.7. The van der Waals surface area contributed by atoms with Gasteiger partial charge in [0.15, 0.2) is 5.69 Å². The first kappa shape index (κ1) is 24.4. The summed E-state index contributed by atoms with van der Waals surface area (Å²) in [6.07, 6.45) is 7.58. The number of carbonyl (C=O) groups excluding carboxylic acids is 1. The van der Waals surface area contributed by atoms with Gasteiger partial charge in [0.2, 0.25) is 0 Å². The van der Waals surface area contributed by atoms with Gasteiger partial charge in [-0.3, -0.25) is 4.79 Å². The van der Waals surface area contributed by atoms with Crippen molar-refractivity contribution in [2.24, 2.45) is 5.73 Å². The van der Waals surface area contributed by atoms with Gasteiger partial charge >= 0.3 is 0 Å². The number of aromatic nitrogens is 3. The number of nitrogens with zero attached hydrogens (tertiary/aromatic N) is 4. The van der Waals surface area contributed by atoms with Crippen LogP contribution in [0.4, 0.5) is 10.1 Å². The molecule has 1 aromatic carbocycles. The summed E-state index contributed by atoms with van der Waals surface area (Å²) < 4.78 is 14.9. The molecule has 1 aliphatic heterocycles. The van der Waals surface area contributed by atoms with Gasteiger partial charge in [-0.05, 0) is 62.8 Å². The second-order valence-corrected chi connectivity index (χ2v) is 7.89. The van der Waals surface area contributed by atoms with Crippen LogP contribution in [0.15, 0.2) is 30.5 Å². The number of piperidine rings is 1. The van der Waals surface area contributed by atoms with Crippen molar-refractivity contribution < 1.29 is 9.18 Å². The minimum Gasteiger partial charge on any atom is -0.381 e. The zero-order valence-electron chi connectivity index (χ0n) is 16.7. The molecule has 0 spiro atoms. The van der Waals surface area contributed by atoms with Crippen LogP contribution >= 0.6 is 24.8 Å². The van der Waals surface area contributed by atoms with Crippen LogP contribution in [-0.2, 0) is 0 Å². The van der Waals surface area contributed by atoms with E-state index < -0.39 is 0 Å². The molecule has 1 saturated heterocycles. The van der Waals surface area contributed by atoms with Crippen molar-refractivity contribution in [3.8, 4) is 0 Å². The monoisotopic (exact) mass is 458 g/mol. The number of hydrogen-bond acceptors (Lipinski definition) is 5. The molecule has 3 N–H and O–H groups in total. The molecule has 1 amide bonds.